The van der Waals surface area contributed by atoms with Crippen LogP contribution in [0.3, 0.4) is 0 Å². The molecule has 1 unspecified atom stereocenters. The van der Waals surface area contributed by atoms with E-state index in [0.29, 0.717) is 28.2 Å². The van der Waals surface area contributed by atoms with E-state index in [2.05, 4.69) is 27.1 Å². The fourth-order valence-electron chi connectivity index (χ4n) is 4.64. The number of amidine groups is 1. The van der Waals surface area contributed by atoms with Gasteiger partial charge in [-0.05, 0) is 58.5 Å². The molecule has 242 valence electrons. The largest absolute Gasteiger partial charge is 0.449 e. The number of likely N-dealkylation sites (N-methyl/N-ethyl adjacent to an activating group) is 1. The molecule has 1 aromatic heterocycles. The molecule has 45 heavy (non-hydrogen) atoms. The van der Waals surface area contributed by atoms with E-state index >= 15 is 0 Å². The number of ether oxygens (including phenoxy) is 1. The van der Waals surface area contributed by atoms with Gasteiger partial charge in [0.25, 0.3) is 5.56 Å². The first kappa shape index (κ1) is 35.8. The number of aromatic amines is 1. The van der Waals surface area contributed by atoms with E-state index in [1.165, 1.54) is 35.2 Å². The van der Waals surface area contributed by atoms with Gasteiger partial charge in [-0.2, -0.15) is 5.10 Å². The molecule has 2 N–H and O–H groups in total. The number of alkyl carbamates (subject to hydrolysis) is 1. The molecule has 0 fully saturated rings. The van der Waals surface area contributed by atoms with Gasteiger partial charge in [0.1, 0.15) is 24.1 Å². The summed E-state index contributed by atoms with van der Waals surface area (Å²) in [6, 6.07) is 8.57. The topological polar surface area (TPSA) is 117 Å². The van der Waals surface area contributed by atoms with Crippen molar-refractivity contribution >= 4 is 49.4 Å². The van der Waals surface area contributed by atoms with Crippen LogP contribution in [0, 0.1) is 17.0 Å². The second-order valence-corrected chi connectivity index (χ2v) is 14.0. The summed E-state index contributed by atoms with van der Waals surface area (Å²) in [6.07, 6.45) is 0.916. The first-order valence-corrected chi connectivity index (χ1v) is 16.6. The predicted octanol–water partition coefficient (Wildman–Crippen LogP) is 6.42. The molecule has 13 heteroatoms. The maximum atomic E-state index is 14.8. The van der Waals surface area contributed by atoms with Crippen LogP contribution >= 0.6 is 21.6 Å². The minimum absolute atomic E-state index is 0.0368. The molecule has 0 aliphatic rings. The minimum atomic E-state index is -0.657. The molecule has 0 saturated heterocycles. The fraction of sp³-hybridized carbons (Fsp3) is 0.406. The zero-order valence-corrected chi connectivity index (χ0v) is 27.9. The Morgan fingerprint density at radius 3 is 2.49 bits per heavy atom. The summed E-state index contributed by atoms with van der Waals surface area (Å²) in [5.41, 5.74) is 0.672. The number of hydrogen-bond acceptors (Lipinski definition) is 8. The van der Waals surface area contributed by atoms with Gasteiger partial charge in [0, 0.05) is 43.4 Å². The average molecular weight is 660 g/mol. The Hall–Kier alpha value is -3.71. The number of hydrogen-bond donors (Lipinski definition) is 2. The summed E-state index contributed by atoms with van der Waals surface area (Å²) in [5, 5.41) is 10.2. The Morgan fingerprint density at radius 2 is 1.87 bits per heavy atom. The maximum Gasteiger partial charge on any atom is 0.407 e. The van der Waals surface area contributed by atoms with Crippen LogP contribution in [0.5, 0.6) is 0 Å². The van der Waals surface area contributed by atoms with E-state index in [9.17, 15) is 23.2 Å². The highest BCUT2D eigenvalue weighted by molar-refractivity contribution is 8.82. The zero-order chi connectivity index (χ0) is 33.3. The van der Waals surface area contributed by atoms with Gasteiger partial charge in [-0.1, -0.05) is 57.2 Å². The van der Waals surface area contributed by atoms with Gasteiger partial charge < -0.3 is 15.0 Å². The maximum absolute atomic E-state index is 14.8. The second kappa shape index (κ2) is 16.0. The van der Waals surface area contributed by atoms with Crippen molar-refractivity contribution in [1.29, 1.82) is 0 Å². The summed E-state index contributed by atoms with van der Waals surface area (Å²) in [7, 11) is 6.07. The summed E-state index contributed by atoms with van der Waals surface area (Å²) < 4.78 is 33.8. The zero-order valence-electron chi connectivity index (χ0n) is 26.3. The Balaban J connectivity index is 1.90. The number of carbonyl (C=O) groups is 2. The molecule has 1 amide bonds. The van der Waals surface area contributed by atoms with Crippen LogP contribution in [0.25, 0.3) is 10.8 Å². The van der Waals surface area contributed by atoms with Crippen molar-refractivity contribution < 1.29 is 23.1 Å². The Kier molecular flexibility index (Phi) is 12.7. The number of H-pyrrole nitrogens is 1. The van der Waals surface area contributed by atoms with E-state index < -0.39 is 28.8 Å². The Morgan fingerprint density at radius 1 is 1.18 bits per heavy atom. The molecule has 3 rings (SSSR count). The van der Waals surface area contributed by atoms with Crippen molar-refractivity contribution in [1.82, 2.24) is 20.4 Å². The van der Waals surface area contributed by atoms with Crippen molar-refractivity contribution in [3.63, 3.8) is 0 Å². The lowest BCUT2D eigenvalue weighted by Crippen LogP contribution is -2.33. The van der Waals surface area contributed by atoms with Crippen LogP contribution in [0.1, 0.15) is 56.4 Å². The molecule has 2 atom stereocenters. The summed E-state index contributed by atoms with van der Waals surface area (Å²) in [5.74, 6) is -0.864. The number of nitrogens with zero attached hydrogens (tertiary/aromatic N) is 3. The van der Waals surface area contributed by atoms with Gasteiger partial charge in [-0.3, -0.25) is 9.59 Å². The van der Waals surface area contributed by atoms with Crippen molar-refractivity contribution in [2.45, 2.75) is 46.0 Å². The van der Waals surface area contributed by atoms with E-state index in [1.54, 1.807) is 12.1 Å². The van der Waals surface area contributed by atoms with Crippen LogP contribution in [-0.4, -0.2) is 65.1 Å². The molecular weight excluding hydrogens is 621 g/mol. The van der Waals surface area contributed by atoms with Crippen LogP contribution in [0.2, 0.25) is 0 Å². The number of carbonyl (C=O) groups excluding carboxylic acids is 2. The van der Waals surface area contributed by atoms with Gasteiger partial charge in [0.15, 0.2) is 0 Å². The van der Waals surface area contributed by atoms with Crippen molar-refractivity contribution in [3.8, 4) is 0 Å². The molecular formula is C32H39F2N5O4S2. The lowest BCUT2D eigenvalue weighted by Gasteiger charge is -2.30. The normalized spacial score (nSPS) is 13.3. The summed E-state index contributed by atoms with van der Waals surface area (Å²) in [6.45, 7) is 11.4. The molecule has 0 aliphatic carbocycles. The molecule has 2 aromatic carbocycles. The number of aromatic nitrogens is 2. The van der Waals surface area contributed by atoms with Crippen LogP contribution in [-0.2, 0) is 16.0 Å². The minimum Gasteiger partial charge on any atom is -0.449 e. The molecule has 0 spiro atoms. The average Bonchev–Trinajstić information content (AvgIpc) is 2.97. The number of amides is 1. The monoisotopic (exact) mass is 659 g/mol. The number of benzene rings is 2. The van der Waals surface area contributed by atoms with Gasteiger partial charge in [-0.25, -0.2) is 23.7 Å². The quantitative estimate of drug-likeness (QED) is 0.0992. The predicted molar refractivity (Wildman–Crippen MR) is 179 cm³/mol. The van der Waals surface area contributed by atoms with E-state index in [-0.39, 0.29) is 41.8 Å². The standard InChI is InChI=1S/C32H39F2N5O4S2/c1-8-35-28(39(6)7)25(19(2)20-9-11-22(33)12-10-20)27-26-21(17-23(34)18-24(26)29(40)38-37-27)13-14-36-31(42)43-15-16-44-45-30(41)32(3,4)5/h8-12,17-19,25H,1,13-16H2,2-7H3,(H,36,42)(H,38,40)/t19?,25-/m1/s1. The van der Waals surface area contributed by atoms with Gasteiger partial charge in [0.2, 0.25) is 5.12 Å². The highest BCUT2D eigenvalue weighted by Crippen LogP contribution is 2.38. The van der Waals surface area contributed by atoms with E-state index in [4.69, 9.17) is 4.74 Å². The van der Waals surface area contributed by atoms with Crippen molar-refractivity contribution in [2.24, 2.45) is 10.4 Å². The lowest BCUT2D eigenvalue weighted by atomic mass is 9.81. The highest BCUT2D eigenvalue weighted by atomic mass is 33.1. The van der Waals surface area contributed by atoms with Gasteiger partial charge in [0.05, 0.1) is 17.0 Å². The molecule has 1 heterocycles. The second-order valence-electron chi connectivity index (χ2n) is 11.6. The lowest BCUT2D eigenvalue weighted by molar-refractivity contribution is -0.117. The van der Waals surface area contributed by atoms with Gasteiger partial charge in [-0.15, -0.1) is 0 Å². The fourth-order valence-corrected chi connectivity index (χ4v) is 6.76. The first-order chi connectivity index (χ1) is 21.2. The SMILES string of the molecule is C=CN=C([C@@H](c1n[nH]c(=O)c2cc(F)cc(CCNC(=O)OCCSSC(=O)C(C)(C)C)c12)C(C)c1ccc(F)cc1)N(C)C. The summed E-state index contributed by atoms with van der Waals surface area (Å²) >= 11 is 0. The summed E-state index contributed by atoms with van der Waals surface area (Å²) in [4.78, 5) is 43.6. The number of nitrogens with one attached hydrogen (secondary N) is 2. The molecule has 0 bridgehead atoms. The molecule has 0 aliphatic heterocycles. The highest BCUT2D eigenvalue weighted by Gasteiger charge is 2.32. The number of fused-ring (bicyclic) bond motifs is 1. The molecule has 3 aromatic rings. The Bertz CT molecular complexity index is 1600. The van der Waals surface area contributed by atoms with E-state index in [0.717, 1.165) is 22.4 Å². The number of halogens is 2. The van der Waals surface area contributed by atoms with Crippen molar-refractivity contribution in [2.75, 3.05) is 33.0 Å². The number of aliphatic imine (C=N–C) groups is 1. The third-order valence-electron chi connectivity index (χ3n) is 6.92. The molecule has 0 radical (unpaired) electrons. The molecule has 0 saturated carbocycles. The first-order valence-electron chi connectivity index (χ1n) is 14.3. The third kappa shape index (κ3) is 9.64. The number of rotatable bonds is 12. The van der Waals surface area contributed by atoms with Crippen LogP contribution < -0.4 is 10.9 Å². The van der Waals surface area contributed by atoms with Crippen LogP contribution in [0.4, 0.5) is 13.6 Å². The molecule has 9 nitrogen and oxygen atoms in total. The smallest absolute Gasteiger partial charge is 0.407 e. The van der Waals surface area contributed by atoms with Crippen LogP contribution in [0.15, 0.2) is 59.0 Å². The van der Waals surface area contributed by atoms with Crippen molar-refractivity contribution in [3.05, 3.63) is 88.0 Å². The third-order valence-corrected chi connectivity index (χ3v) is 9.45. The van der Waals surface area contributed by atoms with E-state index in [1.807, 2.05) is 46.7 Å². The van der Waals surface area contributed by atoms with Gasteiger partial charge >= 0.3 is 6.09 Å². The Labute approximate surface area is 269 Å².